The van der Waals surface area contributed by atoms with Crippen LogP contribution in [0.2, 0.25) is 0 Å². The molecule has 1 saturated heterocycles. The van der Waals surface area contributed by atoms with E-state index in [-0.39, 0.29) is 0 Å². The monoisotopic (exact) mass is 262 g/mol. The van der Waals surface area contributed by atoms with E-state index < -0.39 is 0 Å². The molecule has 2 heterocycles. The maximum Gasteiger partial charge on any atom is 0.183 e. The van der Waals surface area contributed by atoms with Crippen molar-refractivity contribution in [2.45, 2.75) is 32.3 Å². The molecule has 1 atom stereocenters. The van der Waals surface area contributed by atoms with Crippen LogP contribution in [0.3, 0.4) is 0 Å². The Morgan fingerprint density at radius 3 is 3.22 bits per heavy atom. The number of rotatable bonds is 4. The molecule has 0 saturated carbocycles. The SMILES string of the molecule is CCc1ccc2nc(NC[C@H]3CCCO3)sc2c1. The van der Waals surface area contributed by atoms with Crippen molar-refractivity contribution < 1.29 is 4.74 Å². The topological polar surface area (TPSA) is 34.2 Å². The molecule has 1 aromatic carbocycles. The third kappa shape index (κ3) is 2.49. The smallest absolute Gasteiger partial charge is 0.183 e. The number of nitrogens with one attached hydrogen (secondary N) is 1. The summed E-state index contributed by atoms with van der Waals surface area (Å²) in [6.07, 6.45) is 3.79. The summed E-state index contributed by atoms with van der Waals surface area (Å²) in [6, 6.07) is 6.51. The van der Waals surface area contributed by atoms with Crippen LogP contribution in [0.25, 0.3) is 10.2 Å². The van der Waals surface area contributed by atoms with E-state index in [0.29, 0.717) is 6.10 Å². The number of aryl methyl sites for hydroxylation is 1. The van der Waals surface area contributed by atoms with Crippen LogP contribution >= 0.6 is 11.3 Å². The lowest BCUT2D eigenvalue weighted by Crippen LogP contribution is -2.18. The zero-order valence-corrected chi connectivity index (χ0v) is 11.4. The number of hydrogen-bond donors (Lipinski definition) is 1. The first-order valence-corrected chi connectivity index (χ1v) is 7.42. The van der Waals surface area contributed by atoms with E-state index >= 15 is 0 Å². The molecule has 96 valence electrons. The molecule has 1 aliphatic rings. The molecule has 0 unspecified atom stereocenters. The lowest BCUT2D eigenvalue weighted by atomic mass is 10.2. The minimum absolute atomic E-state index is 0.364. The van der Waals surface area contributed by atoms with Gasteiger partial charge in [-0.1, -0.05) is 24.3 Å². The van der Waals surface area contributed by atoms with Gasteiger partial charge in [-0.3, -0.25) is 0 Å². The van der Waals surface area contributed by atoms with Gasteiger partial charge in [0.25, 0.3) is 0 Å². The van der Waals surface area contributed by atoms with Crippen LogP contribution in [0.4, 0.5) is 5.13 Å². The summed E-state index contributed by atoms with van der Waals surface area (Å²) in [4.78, 5) is 4.60. The van der Waals surface area contributed by atoms with Crippen LogP contribution in [0.5, 0.6) is 0 Å². The largest absolute Gasteiger partial charge is 0.376 e. The van der Waals surface area contributed by atoms with Crippen molar-refractivity contribution in [2.75, 3.05) is 18.5 Å². The van der Waals surface area contributed by atoms with E-state index in [1.807, 2.05) is 0 Å². The molecule has 1 aromatic heterocycles. The number of thiazole rings is 1. The fourth-order valence-corrected chi connectivity index (χ4v) is 3.21. The molecule has 4 heteroatoms. The Morgan fingerprint density at radius 1 is 1.50 bits per heavy atom. The van der Waals surface area contributed by atoms with Crippen molar-refractivity contribution in [3.05, 3.63) is 23.8 Å². The Hall–Kier alpha value is -1.13. The lowest BCUT2D eigenvalue weighted by molar-refractivity contribution is 0.120. The molecule has 0 bridgehead atoms. The number of nitrogens with zero attached hydrogens (tertiary/aromatic N) is 1. The molecule has 3 rings (SSSR count). The van der Waals surface area contributed by atoms with Crippen LogP contribution in [0.15, 0.2) is 18.2 Å². The standard InChI is InChI=1S/C14H18N2OS/c1-2-10-5-6-12-13(8-10)18-14(16-12)15-9-11-4-3-7-17-11/h5-6,8,11H,2-4,7,9H2,1H3,(H,15,16)/t11-/m1/s1. The molecular weight excluding hydrogens is 244 g/mol. The molecule has 0 radical (unpaired) electrons. The van der Waals surface area contributed by atoms with E-state index in [1.165, 1.54) is 16.7 Å². The second-order valence-electron chi connectivity index (χ2n) is 4.69. The fraction of sp³-hybridized carbons (Fsp3) is 0.500. The van der Waals surface area contributed by atoms with Gasteiger partial charge < -0.3 is 10.1 Å². The van der Waals surface area contributed by atoms with E-state index in [0.717, 1.165) is 36.6 Å². The van der Waals surface area contributed by atoms with Gasteiger partial charge in [-0.15, -0.1) is 0 Å². The van der Waals surface area contributed by atoms with E-state index in [1.54, 1.807) is 11.3 Å². The van der Waals surface area contributed by atoms with Crippen molar-refractivity contribution in [3.8, 4) is 0 Å². The second-order valence-corrected chi connectivity index (χ2v) is 5.72. The zero-order chi connectivity index (χ0) is 12.4. The highest BCUT2D eigenvalue weighted by Gasteiger charge is 2.15. The Labute approximate surface area is 111 Å². The van der Waals surface area contributed by atoms with Crippen molar-refractivity contribution in [3.63, 3.8) is 0 Å². The predicted octanol–water partition coefficient (Wildman–Crippen LogP) is 3.45. The number of anilines is 1. The highest BCUT2D eigenvalue weighted by Crippen LogP contribution is 2.27. The maximum absolute atomic E-state index is 5.60. The van der Waals surface area contributed by atoms with Crippen molar-refractivity contribution in [2.24, 2.45) is 0 Å². The van der Waals surface area contributed by atoms with Gasteiger partial charge in [0.2, 0.25) is 0 Å². The second kappa shape index (κ2) is 5.24. The summed E-state index contributed by atoms with van der Waals surface area (Å²) in [5, 5.41) is 4.40. The molecule has 2 aromatic rings. The maximum atomic E-state index is 5.60. The summed E-state index contributed by atoms with van der Waals surface area (Å²) in [6.45, 7) is 3.96. The van der Waals surface area contributed by atoms with E-state index in [2.05, 4.69) is 35.4 Å². The van der Waals surface area contributed by atoms with Gasteiger partial charge in [-0.2, -0.15) is 0 Å². The minimum atomic E-state index is 0.364. The third-order valence-corrected chi connectivity index (χ3v) is 4.34. The molecule has 18 heavy (non-hydrogen) atoms. The minimum Gasteiger partial charge on any atom is -0.376 e. The van der Waals surface area contributed by atoms with Crippen LogP contribution in [-0.2, 0) is 11.2 Å². The Bertz CT molecular complexity index is 532. The zero-order valence-electron chi connectivity index (χ0n) is 10.6. The first-order chi connectivity index (χ1) is 8.85. The number of ether oxygens (including phenoxy) is 1. The summed E-state index contributed by atoms with van der Waals surface area (Å²) in [5.74, 6) is 0. The quantitative estimate of drug-likeness (QED) is 0.916. The number of fused-ring (bicyclic) bond motifs is 1. The van der Waals surface area contributed by atoms with Gasteiger partial charge in [0.1, 0.15) is 0 Å². The third-order valence-electron chi connectivity index (χ3n) is 3.37. The highest BCUT2D eigenvalue weighted by molar-refractivity contribution is 7.22. The van der Waals surface area contributed by atoms with Gasteiger partial charge in [-0.05, 0) is 37.0 Å². The van der Waals surface area contributed by atoms with Crippen molar-refractivity contribution >= 4 is 26.7 Å². The van der Waals surface area contributed by atoms with Gasteiger partial charge in [0, 0.05) is 13.2 Å². The van der Waals surface area contributed by atoms with Crippen molar-refractivity contribution in [1.29, 1.82) is 0 Å². The molecule has 1 fully saturated rings. The highest BCUT2D eigenvalue weighted by atomic mass is 32.1. The summed E-state index contributed by atoms with van der Waals surface area (Å²) in [5.41, 5.74) is 2.46. The number of hydrogen-bond acceptors (Lipinski definition) is 4. The van der Waals surface area contributed by atoms with Crippen LogP contribution in [0.1, 0.15) is 25.3 Å². The Balaban J connectivity index is 1.72. The molecule has 0 aliphatic carbocycles. The number of aromatic nitrogens is 1. The predicted molar refractivity (Wildman–Crippen MR) is 76.5 cm³/mol. The van der Waals surface area contributed by atoms with Crippen LogP contribution in [-0.4, -0.2) is 24.2 Å². The Morgan fingerprint density at radius 2 is 2.44 bits per heavy atom. The molecular formula is C14H18N2OS. The van der Waals surface area contributed by atoms with Gasteiger partial charge >= 0.3 is 0 Å². The summed E-state index contributed by atoms with van der Waals surface area (Å²) < 4.78 is 6.87. The van der Waals surface area contributed by atoms with Gasteiger partial charge in [-0.25, -0.2) is 4.98 Å². The first-order valence-electron chi connectivity index (χ1n) is 6.60. The fourth-order valence-electron chi connectivity index (χ4n) is 2.27. The van der Waals surface area contributed by atoms with Gasteiger partial charge in [0.15, 0.2) is 5.13 Å². The Kier molecular flexibility index (Phi) is 3.48. The lowest BCUT2D eigenvalue weighted by Gasteiger charge is -2.08. The first kappa shape index (κ1) is 11.9. The van der Waals surface area contributed by atoms with E-state index in [9.17, 15) is 0 Å². The molecule has 1 aliphatic heterocycles. The molecule has 0 amide bonds. The number of benzene rings is 1. The van der Waals surface area contributed by atoms with Crippen molar-refractivity contribution in [1.82, 2.24) is 4.98 Å². The van der Waals surface area contributed by atoms with Gasteiger partial charge in [0.05, 0.1) is 16.3 Å². The van der Waals surface area contributed by atoms with E-state index in [4.69, 9.17) is 4.74 Å². The molecule has 0 spiro atoms. The van der Waals surface area contributed by atoms with Crippen LogP contribution < -0.4 is 5.32 Å². The summed E-state index contributed by atoms with van der Waals surface area (Å²) >= 11 is 1.73. The summed E-state index contributed by atoms with van der Waals surface area (Å²) in [7, 11) is 0. The normalized spacial score (nSPS) is 19.5. The molecule has 3 nitrogen and oxygen atoms in total. The molecule has 1 N–H and O–H groups in total. The average molecular weight is 262 g/mol. The average Bonchev–Trinajstić information content (AvgIpc) is 3.04. The van der Waals surface area contributed by atoms with Crippen LogP contribution in [0, 0.1) is 0 Å².